The molecule has 0 aliphatic carbocycles. The van der Waals surface area contributed by atoms with Crippen LogP contribution in [0.1, 0.15) is 32.6 Å². The van der Waals surface area contributed by atoms with Crippen LogP contribution < -0.4 is 0 Å². The summed E-state index contributed by atoms with van der Waals surface area (Å²) in [5.74, 6) is 0. The molecule has 0 aromatic rings. The van der Waals surface area contributed by atoms with Gasteiger partial charge in [0.05, 0.1) is 0 Å². The van der Waals surface area contributed by atoms with E-state index in [4.69, 9.17) is 6.58 Å². The first-order valence-corrected chi connectivity index (χ1v) is 3.60. The molecule has 0 heteroatoms. The van der Waals surface area contributed by atoms with E-state index in [2.05, 4.69) is 19.1 Å². The average molecular weight is 123 g/mol. The summed E-state index contributed by atoms with van der Waals surface area (Å²) < 4.78 is 0. The Morgan fingerprint density at radius 2 is 2.00 bits per heavy atom. The lowest BCUT2D eigenvalue weighted by Crippen LogP contribution is -1.66. The van der Waals surface area contributed by atoms with Crippen LogP contribution in [0.5, 0.6) is 0 Å². The van der Waals surface area contributed by atoms with E-state index in [1.54, 1.807) is 6.08 Å². The van der Waals surface area contributed by atoms with Gasteiger partial charge in [0.25, 0.3) is 0 Å². The molecule has 0 N–H and O–H groups in total. The zero-order valence-corrected chi connectivity index (χ0v) is 6.14. The molecule has 0 aromatic heterocycles. The molecule has 0 heterocycles. The summed E-state index contributed by atoms with van der Waals surface area (Å²) in [6.45, 7) is 7.34. The molecule has 0 rings (SSSR count). The van der Waals surface area contributed by atoms with Crippen molar-refractivity contribution in [3.63, 3.8) is 0 Å². The van der Waals surface area contributed by atoms with Crippen LogP contribution in [0.4, 0.5) is 0 Å². The van der Waals surface area contributed by atoms with Crippen LogP contribution in [0.25, 0.3) is 0 Å². The van der Waals surface area contributed by atoms with Crippen molar-refractivity contribution >= 4 is 0 Å². The molecule has 0 aliphatic rings. The van der Waals surface area contributed by atoms with Crippen molar-refractivity contribution < 1.29 is 0 Å². The molecular weight excluding hydrogens is 108 g/mol. The van der Waals surface area contributed by atoms with Gasteiger partial charge in [-0.25, -0.2) is 0 Å². The van der Waals surface area contributed by atoms with Crippen LogP contribution in [0.3, 0.4) is 0 Å². The Hall–Kier alpha value is -0.520. The van der Waals surface area contributed by atoms with E-state index in [0.29, 0.717) is 0 Å². The fourth-order valence-electron chi connectivity index (χ4n) is 0.638. The Labute approximate surface area is 58.3 Å². The van der Waals surface area contributed by atoms with Crippen LogP contribution in [0, 0.1) is 6.58 Å². The molecule has 1 radical (unpaired) electrons. The minimum absolute atomic E-state index is 1.04. The standard InChI is InChI=1S/C9H15/c1-3-5-7-9-8-6-4-2/h1,3,6,8H,4-5,7,9H2,2H3/b3-1?,8-6+. The molecule has 0 amide bonds. The molecule has 0 aromatic carbocycles. The smallest absolute Gasteiger partial charge is 0.0345 e. The number of hydrogen-bond acceptors (Lipinski definition) is 0. The Kier molecular flexibility index (Phi) is 7.05. The molecule has 0 unspecified atom stereocenters. The van der Waals surface area contributed by atoms with E-state index >= 15 is 0 Å². The molecular formula is C9H15. The second-order valence-corrected chi connectivity index (χ2v) is 2.05. The fraction of sp³-hybridized carbons (Fsp3) is 0.556. The lowest BCUT2D eigenvalue weighted by molar-refractivity contribution is 0.865. The third-order valence-electron chi connectivity index (χ3n) is 1.14. The second-order valence-electron chi connectivity index (χ2n) is 2.05. The molecule has 0 saturated heterocycles. The number of unbranched alkanes of at least 4 members (excludes halogenated alkanes) is 2. The van der Waals surface area contributed by atoms with Crippen molar-refractivity contribution in [2.24, 2.45) is 0 Å². The molecule has 0 fully saturated rings. The average Bonchev–Trinajstić information content (AvgIpc) is 1.89. The lowest BCUT2D eigenvalue weighted by Gasteiger charge is -1.86. The maximum absolute atomic E-state index is 5.19. The molecule has 0 nitrogen and oxygen atoms in total. The molecule has 0 aliphatic heterocycles. The summed E-state index contributed by atoms with van der Waals surface area (Å²) >= 11 is 0. The van der Waals surface area contributed by atoms with Gasteiger partial charge in [0, 0.05) is 0 Å². The van der Waals surface area contributed by atoms with Crippen molar-refractivity contribution in [1.29, 1.82) is 0 Å². The summed E-state index contributed by atoms with van der Waals surface area (Å²) in [4.78, 5) is 0. The van der Waals surface area contributed by atoms with Gasteiger partial charge in [-0.3, -0.25) is 0 Å². The van der Waals surface area contributed by atoms with Crippen molar-refractivity contribution in [2.45, 2.75) is 32.6 Å². The van der Waals surface area contributed by atoms with Gasteiger partial charge in [-0.1, -0.05) is 31.7 Å². The minimum atomic E-state index is 1.04. The van der Waals surface area contributed by atoms with E-state index in [1.165, 1.54) is 12.8 Å². The molecule has 9 heavy (non-hydrogen) atoms. The van der Waals surface area contributed by atoms with Gasteiger partial charge in [0.1, 0.15) is 0 Å². The summed E-state index contributed by atoms with van der Waals surface area (Å²) in [7, 11) is 0. The summed E-state index contributed by atoms with van der Waals surface area (Å²) in [6, 6.07) is 0. The number of allylic oxidation sites excluding steroid dienone is 3. The third-order valence-corrected chi connectivity index (χ3v) is 1.14. The summed E-state index contributed by atoms with van der Waals surface area (Å²) in [5, 5.41) is 0. The van der Waals surface area contributed by atoms with Crippen molar-refractivity contribution in [3.8, 4) is 0 Å². The quantitative estimate of drug-likeness (QED) is 0.389. The summed E-state index contributed by atoms with van der Waals surface area (Å²) in [5.41, 5.74) is 0. The van der Waals surface area contributed by atoms with E-state index in [9.17, 15) is 0 Å². The van der Waals surface area contributed by atoms with Crippen LogP contribution in [-0.4, -0.2) is 0 Å². The predicted octanol–water partition coefficient (Wildman–Crippen LogP) is 3.11. The van der Waals surface area contributed by atoms with Crippen molar-refractivity contribution in [3.05, 3.63) is 24.8 Å². The fourth-order valence-corrected chi connectivity index (χ4v) is 0.638. The highest BCUT2D eigenvalue weighted by molar-refractivity contribution is 4.80. The number of rotatable bonds is 5. The maximum Gasteiger partial charge on any atom is -0.0345 e. The Bertz CT molecular complexity index is 80.0. The van der Waals surface area contributed by atoms with E-state index in [-0.39, 0.29) is 0 Å². The van der Waals surface area contributed by atoms with Gasteiger partial charge >= 0.3 is 0 Å². The van der Waals surface area contributed by atoms with Gasteiger partial charge in [-0.2, -0.15) is 0 Å². The molecule has 51 valence electrons. The van der Waals surface area contributed by atoms with Crippen molar-refractivity contribution in [1.82, 2.24) is 0 Å². The first-order valence-electron chi connectivity index (χ1n) is 3.60. The zero-order chi connectivity index (χ0) is 6.95. The minimum Gasteiger partial charge on any atom is -0.0888 e. The highest BCUT2D eigenvalue weighted by Crippen LogP contribution is 1.96. The first-order chi connectivity index (χ1) is 4.41. The second kappa shape index (κ2) is 7.48. The topological polar surface area (TPSA) is 0 Å². The van der Waals surface area contributed by atoms with Gasteiger partial charge < -0.3 is 0 Å². The maximum atomic E-state index is 5.19. The monoisotopic (exact) mass is 123 g/mol. The normalized spacial score (nSPS) is 10.3. The lowest BCUT2D eigenvalue weighted by atomic mass is 10.2. The number of hydrogen-bond donors (Lipinski definition) is 0. The van der Waals surface area contributed by atoms with E-state index < -0.39 is 0 Å². The first kappa shape index (κ1) is 8.48. The molecule has 0 bridgehead atoms. The van der Waals surface area contributed by atoms with Gasteiger partial charge in [0.2, 0.25) is 0 Å². The molecule has 0 saturated carbocycles. The zero-order valence-electron chi connectivity index (χ0n) is 6.14. The van der Waals surface area contributed by atoms with Crippen LogP contribution >= 0.6 is 0 Å². The Balaban J connectivity index is 2.90. The predicted molar refractivity (Wildman–Crippen MR) is 42.2 cm³/mol. The van der Waals surface area contributed by atoms with Crippen LogP contribution in [0.15, 0.2) is 18.2 Å². The van der Waals surface area contributed by atoms with Gasteiger partial charge in [-0.05, 0) is 25.7 Å². The Morgan fingerprint density at radius 3 is 2.56 bits per heavy atom. The molecule has 0 spiro atoms. The summed E-state index contributed by atoms with van der Waals surface area (Å²) in [6.07, 6.45) is 10.7. The largest absolute Gasteiger partial charge is 0.0888 e. The third kappa shape index (κ3) is 7.48. The van der Waals surface area contributed by atoms with E-state index in [0.717, 1.165) is 12.8 Å². The van der Waals surface area contributed by atoms with Gasteiger partial charge in [-0.15, -0.1) is 0 Å². The highest BCUT2D eigenvalue weighted by atomic mass is 13.8. The SMILES string of the molecule is [CH]=CCCC/C=C/CC. The van der Waals surface area contributed by atoms with Gasteiger partial charge in [0.15, 0.2) is 0 Å². The van der Waals surface area contributed by atoms with Crippen LogP contribution in [-0.2, 0) is 0 Å². The highest BCUT2D eigenvalue weighted by Gasteiger charge is 1.76. The molecule has 0 atom stereocenters. The Morgan fingerprint density at radius 1 is 1.22 bits per heavy atom. The van der Waals surface area contributed by atoms with Crippen molar-refractivity contribution in [2.75, 3.05) is 0 Å². The van der Waals surface area contributed by atoms with Crippen LogP contribution in [0.2, 0.25) is 0 Å². The van der Waals surface area contributed by atoms with E-state index in [1.807, 2.05) is 0 Å².